The van der Waals surface area contributed by atoms with Crippen molar-refractivity contribution in [2.45, 2.75) is 64.0 Å². The van der Waals surface area contributed by atoms with Gasteiger partial charge in [0.2, 0.25) is 0 Å². The van der Waals surface area contributed by atoms with Gasteiger partial charge in [0.05, 0.1) is 12.1 Å². The maximum atomic E-state index is 9.13. The van der Waals surface area contributed by atoms with E-state index in [9.17, 15) is 0 Å². The molecule has 0 aromatic rings. The summed E-state index contributed by atoms with van der Waals surface area (Å²) in [7, 11) is 0. The Bertz CT molecular complexity index is 284. The monoisotopic (exact) mass is 249 g/mol. The van der Waals surface area contributed by atoms with Gasteiger partial charge in [0.15, 0.2) is 0 Å². The van der Waals surface area contributed by atoms with Crippen LogP contribution in [0.15, 0.2) is 0 Å². The Morgan fingerprint density at radius 1 is 1.33 bits per heavy atom. The summed E-state index contributed by atoms with van der Waals surface area (Å²) < 4.78 is 0. The molecule has 1 heterocycles. The van der Waals surface area contributed by atoms with Crippen molar-refractivity contribution in [2.75, 3.05) is 19.6 Å². The van der Waals surface area contributed by atoms with Crippen molar-refractivity contribution in [3.63, 3.8) is 0 Å². The highest BCUT2D eigenvalue weighted by Crippen LogP contribution is 2.36. The average molecular weight is 249 g/mol. The molecule has 0 aromatic heterocycles. The Labute approximate surface area is 112 Å². The highest BCUT2D eigenvalue weighted by molar-refractivity contribution is 4.93. The fraction of sp³-hybridized carbons (Fsp3) is 0.933. The minimum Gasteiger partial charge on any atom is -0.302 e. The molecule has 3 unspecified atom stereocenters. The predicted octanol–water partition coefficient (Wildman–Crippen LogP) is 2.53. The number of nitrogens with zero attached hydrogens (tertiary/aromatic N) is 2. The molecule has 1 N–H and O–H groups in total. The van der Waals surface area contributed by atoms with E-state index in [0.29, 0.717) is 0 Å². The summed E-state index contributed by atoms with van der Waals surface area (Å²) in [5, 5.41) is 12.5. The summed E-state index contributed by atoms with van der Waals surface area (Å²) in [6.07, 6.45) is 9.17. The summed E-state index contributed by atoms with van der Waals surface area (Å²) in [5.74, 6) is 0.961. The summed E-state index contributed by atoms with van der Waals surface area (Å²) in [4.78, 5) is 2.65. The highest BCUT2D eigenvalue weighted by Gasteiger charge is 2.35. The summed E-state index contributed by atoms with van der Waals surface area (Å²) in [6.45, 7) is 5.48. The van der Waals surface area contributed by atoms with E-state index < -0.39 is 0 Å². The predicted molar refractivity (Wildman–Crippen MR) is 74.2 cm³/mol. The van der Waals surface area contributed by atoms with Crippen LogP contribution in [0.25, 0.3) is 0 Å². The maximum Gasteiger partial charge on any atom is 0.0965 e. The third-order valence-corrected chi connectivity index (χ3v) is 4.63. The highest BCUT2D eigenvalue weighted by atomic mass is 15.2. The number of likely N-dealkylation sites (tertiary alicyclic amines) is 1. The van der Waals surface area contributed by atoms with E-state index in [4.69, 9.17) is 5.26 Å². The fourth-order valence-electron chi connectivity index (χ4n) is 3.61. The largest absolute Gasteiger partial charge is 0.302 e. The van der Waals surface area contributed by atoms with Crippen LogP contribution in [0.4, 0.5) is 0 Å². The van der Waals surface area contributed by atoms with Crippen molar-refractivity contribution in [1.82, 2.24) is 10.2 Å². The van der Waals surface area contributed by atoms with Crippen molar-refractivity contribution in [1.29, 1.82) is 5.26 Å². The van der Waals surface area contributed by atoms with Crippen LogP contribution in [-0.2, 0) is 0 Å². The molecular formula is C15H27N3. The van der Waals surface area contributed by atoms with E-state index in [1.165, 1.54) is 38.6 Å². The lowest BCUT2D eigenvalue weighted by Gasteiger charge is -2.32. The molecule has 1 saturated carbocycles. The van der Waals surface area contributed by atoms with Gasteiger partial charge in [-0.3, -0.25) is 0 Å². The van der Waals surface area contributed by atoms with Gasteiger partial charge in [0, 0.05) is 12.6 Å². The topological polar surface area (TPSA) is 39.1 Å². The third kappa shape index (κ3) is 3.46. The molecule has 0 bridgehead atoms. The first-order chi connectivity index (χ1) is 8.85. The zero-order valence-corrected chi connectivity index (χ0v) is 11.7. The van der Waals surface area contributed by atoms with Gasteiger partial charge >= 0.3 is 0 Å². The van der Waals surface area contributed by atoms with Gasteiger partial charge < -0.3 is 10.2 Å². The van der Waals surface area contributed by atoms with Gasteiger partial charge in [-0.05, 0) is 51.1 Å². The van der Waals surface area contributed by atoms with E-state index in [0.717, 1.165) is 37.9 Å². The zero-order valence-electron chi connectivity index (χ0n) is 11.7. The second-order valence-electron chi connectivity index (χ2n) is 5.86. The lowest BCUT2D eigenvalue weighted by atomic mass is 9.85. The van der Waals surface area contributed by atoms with E-state index in [2.05, 4.69) is 23.2 Å². The average Bonchev–Trinajstić information content (AvgIpc) is 2.82. The Balaban J connectivity index is 1.74. The van der Waals surface area contributed by atoms with Gasteiger partial charge in [-0.15, -0.1) is 0 Å². The van der Waals surface area contributed by atoms with Gasteiger partial charge in [0.25, 0.3) is 0 Å². The molecular weight excluding hydrogens is 222 g/mol. The number of hydrogen-bond acceptors (Lipinski definition) is 3. The van der Waals surface area contributed by atoms with Crippen LogP contribution < -0.4 is 5.32 Å². The second kappa shape index (κ2) is 7.11. The second-order valence-corrected chi connectivity index (χ2v) is 5.86. The Kier molecular flexibility index (Phi) is 5.46. The molecule has 18 heavy (non-hydrogen) atoms. The first-order valence-corrected chi connectivity index (χ1v) is 7.72. The minimum atomic E-state index is 0.0487. The normalized spacial score (nSPS) is 29.8. The van der Waals surface area contributed by atoms with Gasteiger partial charge in [0.1, 0.15) is 0 Å². The molecule has 102 valence electrons. The molecule has 2 rings (SSSR count). The van der Waals surface area contributed by atoms with Crippen molar-refractivity contribution in [3.05, 3.63) is 0 Å². The smallest absolute Gasteiger partial charge is 0.0965 e. The molecule has 2 fully saturated rings. The summed E-state index contributed by atoms with van der Waals surface area (Å²) >= 11 is 0. The molecule has 3 heteroatoms. The van der Waals surface area contributed by atoms with E-state index in [1.807, 2.05) is 0 Å². The first-order valence-electron chi connectivity index (χ1n) is 7.72. The van der Waals surface area contributed by atoms with Crippen LogP contribution in [0, 0.1) is 17.2 Å². The number of nitriles is 1. The van der Waals surface area contributed by atoms with Crippen LogP contribution in [0.3, 0.4) is 0 Å². The van der Waals surface area contributed by atoms with Crippen molar-refractivity contribution in [2.24, 2.45) is 5.92 Å². The van der Waals surface area contributed by atoms with E-state index in [1.54, 1.807) is 0 Å². The van der Waals surface area contributed by atoms with Crippen LogP contribution in [-0.4, -0.2) is 36.6 Å². The number of hydrogen-bond donors (Lipinski definition) is 1. The Hall–Kier alpha value is -0.590. The van der Waals surface area contributed by atoms with E-state index in [-0.39, 0.29) is 6.04 Å². The van der Waals surface area contributed by atoms with Crippen LogP contribution in [0.1, 0.15) is 51.9 Å². The van der Waals surface area contributed by atoms with Crippen molar-refractivity contribution in [3.8, 4) is 6.07 Å². The molecule has 0 amide bonds. The molecule has 2 aliphatic rings. The number of rotatable bonds is 6. The Morgan fingerprint density at radius 3 is 2.94 bits per heavy atom. The number of nitrogens with one attached hydrogen (secondary N) is 1. The molecule has 1 aliphatic carbocycles. The molecule has 0 spiro atoms. The quantitative estimate of drug-likeness (QED) is 0.786. The molecule has 1 saturated heterocycles. The maximum absolute atomic E-state index is 9.13. The van der Waals surface area contributed by atoms with Crippen molar-refractivity contribution < 1.29 is 0 Å². The van der Waals surface area contributed by atoms with Crippen LogP contribution in [0.5, 0.6) is 0 Å². The molecule has 3 atom stereocenters. The lowest BCUT2D eigenvalue weighted by molar-refractivity contribution is 0.178. The fourth-order valence-corrected chi connectivity index (χ4v) is 3.61. The zero-order chi connectivity index (χ0) is 12.8. The molecule has 0 aromatic carbocycles. The lowest BCUT2D eigenvalue weighted by Crippen LogP contribution is -2.38. The van der Waals surface area contributed by atoms with Gasteiger partial charge in [-0.2, -0.15) is 5.26 Å². The SMILES string of the molecule is CCCNC(C#N)CCN1CCC2CCCCC21. The minimum absolute atomic E-state index is 0.0487. The van der Waals surface area contributed by atoms with Gasteiger partial charge in [-0.25, -0.2) is 0 Å². The van der Waals surface area contributed by atoms with Gasteiger partial charge in [-0.1, -0.05) is 19.8 Å². The third-order valence-electron chi connectivity index (χ3n) is 4.63. The summed E-state index contributed by atoms with van der Waals surface area (Å²) in [6, 6.07) is 3.28. The number of fused-ring (bicyclic) bond motifs is 1. The molecule has 1 aliphatic heterocycles. The van der Waals surface area contributed by atoms with E-state index >= 15 is 0 Å². The summed E-state index contributed by atoms with van der Waals surface area (Å²) in [5.41, 5.74) is 0. The standard InChI is InChI=1S/C15H27N3/c1-2-9-17-14(12-16)8-11-18-10-7-13-5-3-4-6-15(13)18/h13-15,17H,2-11H2,1H3. The van der Waals surface area contributed by atoms with Crippen LogP contribution >= 0.6 is 0 Å². The Morgan fingerprint density at radius 2 is 2.17 bits per heavy atom. The first kappa shape index (κ1) is 13.8. The molecule has 0 radical (unpaired) electrons. The van der Waals surface area contributed by atoms with Crippen molar-refractivity contribution >= 4 is 0 Å². The van der Waals surface area contributed by atoms with Crippen LogP contribution in [0.2, 0.25) is 0 Å². The molecule has 3 nitrogen and oxygen atoms in total.